The summed E-state index contributed by atoms with van der Waals surface area (Å²) in [6.07, 6.45) is 4.63. The fourth-order valence-corrected chi connectivity index (χ4v) is 2.39. The van der Waals surface area contributed by atoms with E-state index in [9.17, 15) is 4.79 Å². The van der Waals surface area contributed by atoms with E-state index in [-0.39, 0.29) is 30.7 Å². The molecule has 2 fully saturated rings. The van der Waals surface area contributed by atoms with Crippen molar-refractivity contribution in [2.24, 2.45) is 5.92 Å². The molecular weight excluding hydrogens is 273 g/mol. The second-order valence-corrected chi connectivity index (χ2v) is 5.04. The molecule has 6 heteroatoms. The standard InChI is InChI=1S/C12H23N3O.2ClH/c1-13-6-4-12(16)14-8-10-5-7-15(9-10)11-2-3-11;;/h10-11,13H,2-9H2,1H3,(H,14,16);2*1H. The zero-order chi connectivity index (χ0) is 11.4. The maximum atomic E-state index is 11.4. The van der Waals surface area contributed by atoms with Crippen molar-refractivity contribution in [2.45, 2.75) is 31.7 Å². The van der Waals surface area contributed by atoms with Gasteiger partial charge in [0.25, 0.3) is 0 Å². The van der Waals surface area contributed by atoms with Gasteiger partial charge in [-0.25, -0.2) is 0 Å². The molecular formula is C12H25Cl2N3O. The summed E-state index contributed by atoms with van der Waals surface area (Å²) in [4.78, 5) is 14.0. The summed E-state index contributed by atoms with van der Waals surface area (Å²) >= 11 is 0. The van der Waals surface area contributed by atoms with Crippen LogP contribution in [0.3, 0.4) is 0 Å². The number of carbonyl (C=O) groups excluding carboxylic acids is 1. The number of nitrogens with one attached hydrogen (secondary N) is 2. The Labute approximate surface area is 122 Å². The molecule has 1 heterocycles. The molecule has 1 saturated heterocycles. The first-order valence-electron chi connectivity index (χ1n) is 6.45. The molecule has 1 amide bonds. The van der Waals surface area contributed by atoms with E-state index in [4.69, 9.17) is 0 Å². The highest BCUT2D eigenvalue weighted by molar-refractivity contribution is 5.85. The van der Waals surface area contributed by atoms with E-state index in [0.717, 1.165) is 19.1 Å². The zero-order valence-electron chi connectivity index (χ0n) is 11.0. The van der Waals surface area contributed by atoms with Crippen LogP contribution >= 0.6 is 24.8 Å². The van der Waals surface area contributed by atoms with Crippen molar-refractivity contribution in [3.8, 4) is 0 Å². The first-order chi connectivity index (χ1) is 7.79. The van der Waals surface area contributed by atoms with E-state index in [1.165, 1.54) is 32.4 Å². The molecule has 1 aliphatic heterocycles. The summed E-state index contributed by atoms with van der Waals surface area (Å²) in [6.45, 7) is 4.06. The Bertz CT molecular complexity index is 249. The van der Waals surface area contributed by atoms with E-state index in [1.807, 2.05) is 7.05 Å². The Morgan fingerprint density at radius 1 is 1.28 bits per heavy atom. The van der Waals surface area contributed by atoms with Crippen molar-refractivity contribution in [1.82, 2.24) is 15.5 Å². The van der Waals surface area contributed by atoms with Crippen molar-refractivity contribution < 1.29 is 4.79 Å². The Balaban J connectivity index is 0.00000144. The van der Waals surface area contributed by atoms with Gasteiger partial charge in [0.2, 0.25) is 5.91 Å². The summed E-state index contributed by atoms with van der Waals surface area (Å²) in [5.74, 6) is 0.860. The lowest BCUT2D eigenvalue weighted by atomic mass is 10.1. The van der Waals surface area contributed by atoms with Gasteiger partial charge < -0.3 is 15.5 Å². The molecule has 4 nitrogen and oxygen atoms in total. The number of amides is 1. The van der Waals surface area contributed by atoms with Crippen LogP contribution in [0, 0.1) is 5.92 Å². The largest absolute Gasteiger partial charge is 0.356 e. The summed E-state index contributed by atoms with van der Waals surface area (Å²) in [5.41, 5.74) is 0. The highest BCUT2D eigenvalue weighted by Crippen LogP contribution is 2.31. The van der Waals surface area contributed by atoms with E-state index in [0.29, 0.717) is 12.3 Å². The minimum absolute atomic E-state index is 0. The van der Waals surface area contributed by atoms with E-state index >= 15 is 0 Å². The molecule has 2 aliphatic rings. The van der Waals surface area contributed by atoms with E-state index in [2.05, 4.69) is 15.5 Å². The topological polar surface area (TPSA) is 44.4 Å². The van der Waals surface area contributed by atoms with Gasteiger partial charge in [0.05, 0.1) is 0 Å². The smallest absolute Gasteiger partial charge is 0.221 e. The predicted octanol–water partition coefficient (Wildman–Crippen LogP) is 1.04. The van der Waals surface area contributed by atoms with Gasteiger partial charge in [-0.2, -0.15) is 0 Å². The Kier molecular flexibility index (Phi) is 8.95. The second kappa shape index (κ2) is 8.97. The lowest BCUT2D eigenvalue weighted by Crippen LogP contribution is -2.32. The van der Waals surface area contributed by atoms with Gasteiger partial charge in [-0.3, -0.25) is 4.79 Å². The van der Waals surface area contributed by atoms with Gasteiger partial charge in [-0.15, -0.1) is 24.8 Å². The maximum absolute atomic E-state index is 11.4. The molecule has 18 heavy (non-hydrogen) atoms. The van der Waals surface area contributed by atoms with Gasteiger partial charge in [0.1, 0.15) is 0 Å². The van der Waals surface area contributed by atoms with Crippen molar-refractivity contribution in [3.63, 3.8) is 0 Å². The van der Waals surface area contributed by atoms with Crippen LogP contribution in [0.5, 0.6) is 0 Å². The van der Waals surface area contributed by atoms with Crippen molar-refractivity contribution >= 4 is 30.7 Å². The molecule has 0 aromatic heterocycles. The van der Waals surface area contributed by atoms with Crippen LogP contribution < -0.4 is 10.6 Å². The number of nitrogens with zero attached hydrogens (tertiary/aromatic N) is 1. The molecule has 0 radical (unpaired) electrons. The summed E-state index contributed by atoms with van der Waals surface area (Å²) in [5, 5.41) is 6.02. The van der Waals surface area contributed by atoms with Crippen molar-refractivity contribution in [3.05, 3.63) is 0 Å². The summed E-state index contributed by atoms with van der Waals surface area (Å²) in [6, 6.07) is 0.880. The fourth-order valence-electron chi connectivity index (χ4n) is 2.39. The molecule has 2 N–H and O–H groups in total. The minimum Gasteiger partial charge on any atom is -0.356 e. The molecule has 0 aromatic carbocycles. The van der Waals surface area contributed by atoms with Crippen LogP contribution in [-0.2, 0) is 4.79 Å². The second-order valence-electron chi connectivity index (χ2n) is 5.04. The van der Waals surface area contributed by atoms with Crippen LogP contribution in [0.4, 0.5) is 0 Å². The molecule has 1 saturated carbocycles. The predicted molar refractivity (Wildman–Crippen MR) is 78.8 cm³/mol. The Morgan fingerprint density at radius 3 is 2.61 bits per heavy atom. The molecule has 0 aromatic rings. The number of carbonyl (C=O) groups is 1. The van der Waals surface area contributed by atoms with Crippen LogP contribution in [0.1, 0.15) is 25.7 Å². The monoisotopic (exact) mass is 297 g/mol. The highest BCUT2D eigenvalue weighted by Gasteiger charge is 2.34. The third kappa shape index (κ3) is 5.74. The molecule has 1 unspecified atom stereocenters. The lowest BCUT2D eigenvalue weighted by molar-refractivity contribution is -0.121. The van der Waals surface area contributed by atoms with Crippen molar-refractivity contribution in [1.29, 1.82) is 0 Å². The van der Waals surface area contributed by atoms with Crippen LogP contribution in [0.25, 0.3) is 0 Å². The highest BCUT2D eigenvalue weighted by atomic mass is 35.5. The average molecular weight is 298 g/mol. The number of hydrogen-bond donors (Lipinski definition) is 2. The fraction of sp³-hybridized carbons (Fsp3) is 0.917. The van der Waals surface area contributed by atoms with E-state index < -0.39 is 0 Å². The van der Waals surface area contributed by atoms with Gasteiger partial charge in [0, 0.05) is 32.1 Å². The number of halogens is 2. The normalized spacial score (nSPS) is 23.1. The summed E-state index contributed by atoms with van der Waals surface area (Å²) in [7, 11) is 1.87. The van der Waals surface area contributed by atoms with Gasteiger partial charge in [-0.1, -0.05) is 0 Å². The molecule has 0 bridgehead atoms. The van der Waals surface area contributed by atoms with E-state index in [1.54, 1.807) is 0 Å². The van der Waals surface area contributed by atoms with Gasteiger partial charge in [0.15, 0.2) is 0 Å². The first-order valence-corrected chi connectivity index (χ1v) is 6.45. The zero-order valence-corrected chi connectivity index (χ0v) is 12.6. The quantitative estimate of drug-likeness (QED) is 0.770. The maximum Gasteiger partial charge on any atom is 0.221 e. The lowest BCUT2D eigenvalue weighted by Gasteiger charge is -2.15. The molecule has 2 rings (SSSR count). The molecule has 108 valence electrons. The minimum atomic E-state index is 0. The molecule has 1 aliphatic carbocycles. The SMILES string of the molecule is CNCCC(=O)NCC1CCN(C2CC2)C1.Cl.Cl. The van der Waals surface area contributed by atoms with Gasteiger partial charge in [-0.05, 0) is 38.8 Å². The number of hydrogen-bond acceptors (Lipinski definition) is 3. The molecule has 0 spiro atoms. The number of rotatable bonds is 6. The third-order valence-corrected chi connectivity index (χ3v) is 3.57. The summed E-state index contributed by atoms with van der Waals surface area (Å²) < 4.78 is 0. The van der Waals surface area contributed by atoms with Crippen molar-refractivity contribution in [2.75, 3.05) is 33.2 Å². The Hall–Kier alpha value is -0.0300. The Morgan fingerprint density at radius 2 is 2.00 bits per heavy atom. The average Bonchev–Trinajstić information content (AvgIpc) is 3.03. The first kappa shape index (κ1) is 18.0. The number of likely N-dealkylation sites (tertiary alicyclic amines) is 1. The third-order valence-electron chi connectivity index (χ3n) is 3.57. The van der Waals surface area contributed by atoms with Gasteiger partial charge >= 0.3 is 0 Å². The van der Waals surface area contributed by atoms with Crippen LogP contribution in [0.15, 0.2) is 0 Å². The van der Waals surface area contributed by atoms with Crippen LogP contribution in [-0.4, -0.2) is 50.1 Å². The molecule has 1 atom stereocenters. The van der Waals surface area contributed by atoms with Crippen LogP contribution in [0.2, 0.25) is 0 Å².